The van der Waals surface area contributed by atoms with E-state index >= 15 is 0 Å². The average Bonchev–Trinajstić information content (AvgIpc) is 2.92. The smallest absolute Gasteiger partial charge is 0.221 e. The number of amides is 1. The Bertz CT molecular complexity index is 503. The summed E-state index contributed by atoms with van der Waals surface area (Å²) in [6.45, 7) is 2.67. The van der Waals surface area contributed by atoms with Crippen LogP contribution in [0.4, 0.5) is 0 Å². The summed E-state index contributed by atoms with van der Waals surface area (Å²) >= 11 is 0. The lowest BCUT2D eigenvalue weighted by atomic mass is 9.88. The first kappa shape index (κ1) is 14.6. The predicted octanol–water partition coefficient (Wildman–Crippen LogP) is 1.71. The quantitative estimate of drug-likeness (QED) is 0.887. The second-order valence-electron chi connectivity index (χ2n) is 6.20. The molecule has 0 radical (unpaired) electrons. The number of aromatic nitrogens is 2. The third-order valence-electron chi connectivity index (χ3n) is 4.83. The Labute approximate surface area is 126 Å². The van der Waals surface area contributed by atoms with E-state index in [0.717, 1.165) is 26.1 Å². The van der Waals surface area contributed by atoms with E-state index in [1.807, 2.05) is 0 Å². The van der Waals surface area contributed by atoms with E-state index in [9.17, 15) is 4.79 Å². The molecule has 1 aromatic rings. The van der Waals surface area contributed by atoms with Crippen LogP contribution in [0, 0.1) is 0 Å². The number of fused-ring (bicyclic) bond motifs is 1. The van der Waals surface area contributed by atoms with Gasteiger partial charge in [-0.25, -0.2) is 4.98 Å². The Morgan fingerprint density at radius 3 is 2.95 bits per heavy atom. The van der Waals surface area contributed by atoms with Gasteiger partial charge in [0, 0.05) is 51.1 Å². The zero-order chi connectivity index (χ0) is 14.7. The molecule has 0 unspecified atom stereocenters. The van der Waals surface area contributed by atoms with Gasteiger partial charge in [0.15, 0.2) is 0 Å². The fraction of sp³-hybridized carbons (Fsp3) is 0.750. The molecule has 2 aliphatic rings. The van der Waals surface area contributed by atoms with Crippen LogP contribution in [0.2, 0.25) is 0 Å². The highest BCUT2D eigenvalue weighted by atomic mass is 16.1. The molecule has 1 saturated carbocycles. The van der Waals surface area contributed by atoms with E-state index in [2.05, 4.69) is 15.2 Å². The van der Waals surface area contributed by atoms with Crippen molar-refractivity contribution < 1.29 is 4.79 Å². The monoisotopic (exact) mass is 290 g/mol. The summed E-state index contributed by atoms with van der Waals surface area (Å²) in [4.78, 5) is 16.6. The molecule has 1 aliphatic carbocycles. The molecule has 0 bridgehead atoms. The number of nitrogens with zero attached hydrogens (tertiary/aromatic N) is 2. The van der Waals surface area contributed by atoms with Crippen molar-refractivity contribution >= 4 is 5.91 Å². The van der Waals surface area contributed by atoms with Crippen molar-refractivity contribution in [2.45, 2.75) is 64.0 Å². The molecule has 2 N–H and O–H groups in total. The first-order chi connectivity index (χ1) is 10.3. The van der Waals surface area contributed by atoms with Gasteiger partial charge >= 0.3 is 0 Å². The number of carbonyl (C=O) groups excluding carboxylic acids is 1. The zero-order valence-electron chi connectivity index (χ0n) is 13.0. The molecule has 0 saturated heterocycles. The standard InChI is InChI=1S/C16H26N4O/c1-17-15(21)8-10-20-14-7-9-18-11-13(14)19-16(20)12-5-3-2-4-6-12/h12,18H,2-11H2,1H3,(H,17,21). The van der Waals surface area contributed by atoms with Crippen molar-refractivity contribution in [2.24, 2.45) is 0 Å². The Morgan fingerprint density at radius 1 is 1.38 bits per heavy atom. The number of nitrogens with one attached hydrogen (secondary N) is 2. The van der Waals surface area contributed by atoms with Gasteiger partial charge in [0.25, 0.3) is 0 Å². The van der Waals surface area contributed by atoms with Crippen LogP contribution in [-0.2, 0) is 24.3 Å². The maximum absolute atomic E-state index is 11.6. The van der Waals surface area contributed by atoms with Gasteiger partial charge in [-0.15, -0.1) is 0 Å². The van der Waals surface area contributed by atoms with E-state index in [4.69, 9.17) is 4.98 Å². The van der Waals surface area contributed by atoms with Crippen molar-refractivity contribution in [2.75, 3.05) is 13.6 Å². The Hall–Kier alpha value is -1.36. The molecule has 2 heterocycles. The van der Waals surface area contributed by atoms with Gasteiger partial charge in [-0.05, 0) is 12.8 Å². The van der Waals surface area contributed by atoms with Crippen molar-refractivity contribution in [3.05, 3.63) is 17.2 Å². The third-order valence-corrected chi connectivity index (χ3v) is 4.83. The first-order valence-electron chi connectivity index (χ1n) is 8.29. The molecule has 1 aliphatic heterocycles. The van der Waals surface area contributed by atoms with Gasteiger partial charge in [0.2, 0.25) is 5.91 Å². The van der Waals surface area contributed by atoms with E-state index in [1.165, 1.54) is 49.3 Å². The minimum absolute atomic E-state index is 0.112. The van der Waals surface area contributed by atoms with Crippen LogP contribution in [0.5, 0.6) is 0 Å². The number of hydrogen-bond acceptors (Lipinski definition) is 3. The van der Waals surface area contributed by atoms with Crippen LogP contribution in [0.15, 0.2) is 0 Å². The van der Waals surface area contributed by atoms with Gasteiger partial charge < -0.3 is 15.2 Å². The zero-order valence-corrected chi connectivity index (χ0v) is 13.0. The van der Waals surface area contributed by atoms with Gasteiger partial charge in [0.1, 0.15) is 5.82 Å². The van der Waals surface area contributed by atoms with E-state index in [0.29, 0.717) is 12.3 Å². The summed E-state index contributed by atoms with van der Waals surface area (Å²) in [6.07, 6.45) is 8.07. The summed E-state index contributed by atoms with van der Waals surface area (Å²) in [7, 11) is 1.71. The molecular formula is C16H26N4O. The molecule has 116 valence electrons. The number of hydrogen-bond donors (Lipinski definition) is 2. The summed E-state index contributed by atoms with van der Waals surface area (Å²) in [6, 6.07) is 0. The van der Waals surface area contributed by atoms with Gasteiger partial charge in [-0.3, -0.25) is 4.79 Å². The minimum Gasteiger partial charge on any atom is -0.359 e. The maximum atomic E-state index is 11.6. The lowest BCUT2D eigenvalue weighted by Crippen LogP contribution is -2.26. The van der Waals surface area contributed by atoms with E-state index in [-0.39, 0.29) is 5.91 Å². The van der Waals surface area contributed by atoms with Crippen LogP contribution in [-0.4, -0.2) is 29.1 Å². The molecule has 0 atom stereocenters. The molecular weight excluding hydrogens is 264 g/mol. The molecule has 1 amide bonds. The van der Waals surface area contributed by atoms with Crippen LogP contribution >= 0.6 is 0 Å². The van der Waals surface area contributed by atoms with Gasteiger partial charge in [0.05, 0.1) is 5.69 Å². The second-order valence-corrected chi connectivity index (χ2v) is 6.20. The van der Waals surface area contributed by atoms with Crippen LogP contribution in [0.3, 0.4) is 0 Å². The largest absolute Gasteiger partial charge is 0.359 e. The highest BCUT2D eigenvalue weighted by molar-refractivity contribution is 5.75. The molecule has 5 heteroatoms. The first-order valence-corrected chi connectivity index (χ1v) is 8.29. The molecule has 1 aromatic heterocycles. The van der Waals surface area contributed by atoms with Crippen LogP contribution < -0.4 is 10.6 Å². The van der Waals surface area contributed by atoms with Gasteiger partial charge in [-0.1, -0.05) is 19.3 Å². The summed E-state index contributed by atoms with van der Waals surface area (Å²) < 4.78 is 2.36. The average molecular weight is 290 g/mol. The fourth-order valence-electron chi connectivity index (χ4n) is 3.65. The molecule has 21 heavy (non-hydrogen) atoms. The fourth-order valence-corrected chi connectivity index (χ4v) is 3.65. The maximum Gasteiger partial charge on any atom is 0.221 e. The summed E-state index contributed by atoms with van der Waals surface area (Å²) in [5, 5.41) is 6.13. The molecule has 5 nitrogen and oxygen atoms in total. The number of carbonyl (C=O) groups is 1. The SMILES string of the molecule is CNC(=O)CCn1c(C2CCCCC2)nc2c1CCNC2. The van der Waals surface area contributed by atoms with Crippen LogP contribution in [0.1, 0.15) is 61.7 Å². The molecule has 0 aromatic carbocycles. The Balaban J connectivity index is 1.86. The molecule has 0 spiro atoms. The normalized spacial score (nSPS) is 19.3. The molecule has 1 fully saturated rings. The summed E-state index contributed by atoms with van der Waals surface area (Å²) in [5.41, 5.74) is 2.57. The molecule has 3 rings (SSSR count). The topological polar surface area (TPSA) is 59.0 Å². The van der Waals surface area contributed by atoms with Crippen LogP contribution in [0.25, 0.3) is 0 Å². The predicted molar refractivity (Wildman–Crippen MR) is 82.1 cm³/mol. The third kappa shape index (κ3) is 3.12. The highest BCUT2D eigenvalue weighted by Crippen LogP contribution is 2.33. The Morgan fingerprint density at radius 2 is 2.19 bits per heavy atom. The second kappa shape index (κ2) is 6.60. The van der Waals surface area contributed by atoms with Gasteiger partial charge in [-0.2, -0.15) is 0 Å². The minimum atomic E-state index is 0.112. The van der Waals surface area contributed by atoms with E-state index < -0.39 is 0 Å². The lowest BCUT2D eigenvalue weighted by molar-refractivity contribution is -0.120. The highest BCUT2D eigenvalue weighted by Gasteiger charge is 2.26. The van der Waals surface area contributed by atoms with E-state index in [1.54, 1.807) is 7.05 Å². The van der Waals surface area contributed by atoms with Crippen molar-refractivity contribution in [3.63, 3.8) is 0 Å². The van der Waals surface area contributed by atoms with Crippen molar-refractivity contribution in [1.29, 1.82) is 0 Å². The summed E-state index contributed by atoms with van der Waals surface area (Å²) in [5.74, 6) is 1.95. The Kier molecular flexibility index (Phi) is 4.58. The number of imidazole rings is 1. The lowest BCUT2D eigenvalue weighted by Gasteiger charge is -2.23. The van der Waals surface area contributed by atoms with Crippen molar-refractivity contribution in [3.8, 4) is 0 Å². The number of rotatable bonds is 4. The van der Waals surface area contributed by atoms with Crippen molar-refractivity contribution in [1.82, 2.24) is 20.2 Å².